The number of aromatic carboxylic acids is 1. The zero-order valence-corrected chi connectivity index (χ0v) is 12.5. The molecule has 0 saturated heterocycles. The van der Waals surface area contributed by atoms with Crippen molar-refractivity contribution in [3.8, 4) is 0 Å². The summed E-state index contributed by atoms with van der Waals surface area (Å²) in [5, 5.41) is 20.3. The summed E-state index contributed by atoms with van der Waals surface area (Å²) in [6.45, 7) is 6.53. The maximum Gasteiger partial charge on any atom is 0.336 e. The second kappa shape index (κ2) is 5.71. The van der Waals surface area contributed by atoms with Crippen LogP contribution in [0.1, 0.15) is 42.6 Å². The van der Waals surface area contributed by atoms with Crippen molar-refractivity contribution in [1.82, 2.24) is 0 Å². The Morgan fingerprint density at radius 3 is 2.52 bits per heavy atom. The Kier molecular flexibility index (Phi) is 4.16. The molecule has 0 atom stereocenters. The lowest BCUT2D eigenvalue weighted by molar-refractivity contribution is -0.385. The Morgan fingerprint density at radius 1 is 1.48 bits per heavy atom. The lowest BCUT2D eigenvalue weighted by Gasteiger charge is -2.30. The lowest BCUT2D eigenvalue weighted by Crippen LogP contribution is -2.33. The molecule has 6 heteroatoms. The number of carboxylic acid groups (broad SMARTS) is 1. The van der Waals surface area contributed by atoms with Crippen molar-refractivity contribution in [1.29, 1.82) is 0 Å². The largest absolute Gasteiger partial charge is 0.478 e. The molecule has 0 amide bonds. The third-order valence-corrected chi connectivity index (χ3v) is 3.88. The molecule has 0 aliphatic heterocycles. The molecule has 1 aromatic carbocycles. The van der Waals surface area contributed by atoms with Crippen molar-refractivity contribution >= 4 is 17.3 Å². The van der Waals surface area contributed by atoms with Crippen LogP contribution in [0.5, 0.6) is 0 Å². The Balaban J connectivity index is 2.52. The normalized spacial score (nSPS) is 14.3. The van der Waals surface area contributed by atoms with Gasteiger partial charge in [-0.25, -0.2) is 4.79 Å². The lowest BCUT2D eigenvalue weighted by atomic mass is 10.0. The van der Waals surface area contributed by atoms with Gasteiger partial charge in [0, 0.05) is 24.3 Å². The van der Waals surface area contributed by atoms with Gasteiger partial charge in [0.1, 0.15) is 0 Å². The van der Waals surface area contributed by atoms with Crippen LogP contribution >= 0.6 is 0 Å². The highest BCUT2D eigenvalue weighted by atomic mass is 16.6. The van der Waals surface area contributed by atoms with E-state index in [9.17, 15) is 20.0 Å². The highest BCUT2D eigenvalue weighted by Crippen LogP contribution is 2.36. The van der Waals surface area contributed by atoms with Crippen molar-refractivity contribution in [2.75, 3.05) is 11.4 Å². The van der Waals surface area contributed by atoms with Crippen molar-refractivity contribution in [3.63, 3.8) is 0 Å². The van der Waals surface area contributed by atoms with Crippen molar-refractivity contribution in [3.05, 3.63) is 33.4 Å². The summed E-state index contributed by atoms with van der Waals surface area (Å²) < 4.78 is 0. The van der Waals surface area contributed by atoms with E-state index in [2.05, 4.69) is 4.90 Å². The number of rotatable bonds is 6. The van der Waals surface area contributed by atoms with Gasteiger partial charge in [-0.15, -0.1) is 0 Å². The summed E-state index contributed by atoms with van der Waals surface area (Å²) in [6, 6.07) is 2.84. The average molecular weight is 292 g/mol. The van der Waals surface area contributed by atoms with Crippen LogP contribution in [0.15, 0.2) is 12.1 Å². The van der Waals surface area contributed by atoms with E-state index in [-0.39, 0.29) is 17.3 Å². The molecule has 0 bridgehead atoms. The van der Waals surface area contributed by atoms with Gasteiger partial charge in [0.15, 0.2) is 0 Å². The predicted octanol–water partition coefficient (Wildman–Crippen LogP) is 3.23. The Morgan fingerprint density at radius 2 is 2.10 bits per heavy atom. The fourth-order valence-corrected chi connectivity index (χ4v) is 2.46. The number of benzene rings is 1. The van der Waals surface area contributed by atoms with Gasteiger partial charge < -0.3 is 10.0 Å². The molecular formula is C15H20N2O4. The number of nitro groups is 1. The van der Waals surface area contributed by atoms with E-state index < -0.39 is 10.9 Å². The highest BCUT2D eigenvalue weighted by molar-refractivity contribution is 5.90. The number of nitro benzene ring substituents is 1. The third kappa shape index (κ3) is 3.32. The predicted molar refractivity (Wildman–Crippen MR) is 80.0 cm³/mol. The molecule has 0 unspecified atom stereocenters. The van der Waals surface area contributed by atoms with Crippen LogP contribution in [0.2, 0.25) is 0 Å². The number of hydrogen-bond donors (Lipinski definition) is 1. The first-order chi connectivity index (χ1) is 9.81. The van der Waals surface area contributed by atoms with Crippen LogP contribution in [0.3, 0.4) is 0 Å². The first-order valence-electron chi connectivity index (χ1n) is 7.10. The van der Waals surface area contributed by atoms with Crippen LogP contribution in [-0.2, 0) is 0 Å². The van der Waals surface area contributed by atoms with E-state index in [0.717, 1.165) is 12.6 Å². The third-order valence-electron chi connectivity index (χ3n) is 3.88. The first-order valence-corrected chi connectivity index (χ1v) is 7.10. The monoisotopic (exact) mass is 292 g/mol. The maximum absolute atomic E-state index is 11.2. The van der Waals surface area contributed by atoms with Gasteiger partial charge >= 0.3 is 5.97 Å². The van der Waals surface area contributed by atoms with Gasteiger partial charge in [-0.1, -0.05) is 0 Å². The number of anilines is 1. The molecule has 6 nitrogen and oxygen atoms in total. The SMILES string of the molecule is Cc1c(N(CC2CC2)C(C)C)cc(C(=O)O)cc1[N+](=O)[O-]. The van der Waals surface area contributed by atoms with E-state index in [4.69, 9.17) is 0 Å². The Bertz CT molecular complexity index is 579. The van der Waals surface area contributed by atoms with Gasteiger partial charge in [0.2, 0.25) is 0 Å². The zero-order valence-electron chi connectivity index (χ0n) is 12.5. The molecule has 1 aliphatic carbocycles. The second-order valence-electron chi connectivity index (χ2n) is 5.89. The van der Waals surface area contributed by atoms with Crippen LogP contribution in [0.4, 0.5) is 11.4 Å². The van der Waals surface area contributed by atoms with Crippen molar-refractivity contribution < 1.29 is 14.8 Å². The Hall–Kier alpha value is -2.11. The molecule has 1 saturated carbocycles. The van der Waals surface area contributed by atoms with Crippen LogP contribution < -0.4 is 4.90 Å². The summed E-state index contributed by atoms with van der Waals surface area (Å²) in [4.78, 5) is 24.0. The number of nitrogens with zero attached hydrogens (tertiary/aromatic N) is 2. The summed E-state index contributed by atoms with van der Waals surface area (Å²) in [5.41, 5.74) is 1.01. The topological polar surface area (TPSA) is 83.7 Å². The number of carbonyl (C=O) groups is 1. The molecule has 1 aromatic rings. The second-order valence-corrected chi connectivity index (χ2v) is 5.89. The summed E-state index contributed by atoms with van der Waals surface area (Å²) in [7, 11) is 0. The summed E-state index contributed by atoms with van der Waals surface area (Å²) >= 11 is 0. The molecule has 1 N–H and O–H groups in total. The summed E-state index contributed by atoms with van der Waals surface area (Å²) in [5.74, 6) is -0.534. The van der Waals surface area contributed by atoms with Gasteiger partial charge in [-0.3, -0.25) is 10.1 Å². The van der Waals surface area contributed by atoms with Crippen LogP contribution in [0.25, 0.3) is 0 Å². The minimum atomic E-state index is -1.14. The molecule has 0 aromatic heterocycles. The summed E-state index contributed by atoms with van der Waals surface area (Å²) in [6.07, 6.45) is 2.34. The fraction of sp³-hybridized carbons (Fsp3) is 0.533. The van der Waals surface area contributed by atoms with Gasteiger partial charge in [0.25, 0.3) is 5.69 Å². The smallest absolute Gasteiger partial charge is 0.336 e. The van der Waals surface area contributed by atoms with Gasteiger partial charge in [-0.2, -0.15) is 0 Å². The van der Waals surface area contributed by atoms with Crippen LogP contribution in [-0.4, -0.2) is 28.6 Å². The van der Waals surface area contributed by atoms with Gasteiger partial charge in [-0.05, 0) is 45.6 Å². The molecule has 2 rings (SSSR count). The molecule has 1 fully saturated rings. The van der Waals surface area contributed by atoms with Crippen molar-refractivity contribution in [2.24, 2.45) is 5.92 Å². The standard InChI is InChI=1S/C15H20N2O4/c1-9(2)16(8-11-4-5-11)13-6-12(15(18)19)7-14(10(13)3)17(20)21/h6-7,9,11H,4-5,8H2,1-3H3,(H,18,19). The first kappa shape index (κ1) is 15.3. The molecule has 1 aliphatic rings. The fourth-order valence-electron chi connectivity index (χ4n) is 2.46. The average Bonchev–Trinajstić information content (AvgIpc) is 3.19. The molecule has 0 heterocycles. The van der Waals surface area contributed by atoms with E-state index in [1.165, 1.54) is 12.8 Å². The minimum absolute atomic E-state index is 0.0382. The number of hydrogen-bond acceptors (Lipinski definition) is 4. The molecular weight excluding hydrogens is 272 g/mol. The minimum Gasteiger partial charge on any atom is -0.478 e. The maximum atomic E-state index is 11.2. The van der Waals surface area contributed by atoms with E-state index in [1.54, 1.807) is 13.0 Å². The highest BCUT2D eigenvalue weighted by Gasteiger charge is 2.29. The molecule has 21 heavy (non-hydrogen) atoms. The number of carboxylic acids is 1. The van der Waals surface area contributed by atoms with Crippen LogP contribution in [0, 0.1) is 23.0 Å². The van der Waals surface area contributed by atoms with Gasteiger partial charge in [0.05, 0.1) is 16.1 Å². The molecule has 0 radical (unpaired) electrons. The molecule has 114 valence electrons. The van der Waals surface area contributed by atoms with Crippen molar-refractivity contribution in [2.45, 2.75) is 39.7 Å². The van der Waals surface area contributed by atoms with E-state index in [1.807, 2.05) is 13.8 Å². The molecule has 0 spiro atoms. The van der Waals surface area contributed by atoms with E-state index >= 15 is 0 Å². The van der Waals surface area contributed by atoms with E-state index in [0.29, 0.717) is 17.2 Å². The quantitative estimate of drug-likeness (QED) is 0.643. The zero-order chi connectivity index (χ0) is 15.7. The Labute approximate surface area is 123 Å².